The lowest BCUT2D eigenvalue weighted by molar-refractivity contribution is 0.867. The van der Waals surface area contributed by atoms with Gasteiger partial charge in [0.1, 0.15) is 0 Å². The summed E-state index contributed by atoms with van der Waals surface area (Å²) in [6.07, 6.45) is 0. The maximum atomic E-state index is 4.34. The van der Waals surface area contributed by atoms with Gasteiger partial charge in [-0.25, -0.2) is 0 Å². The fourth-order valence-corrected chi connectivity index (χ4v) is 2.14. The maximum Gasteiger partial charge on any atom is 0.151 e. The summed E-state index contributed by atoms with van der Waals surface area (Å²) < 4.78 is 0. The molecular weight excluding hydrogens is 234 g/mol. The highest BCUT2D eigenvalue weighted by Gasteiger charge is 2.10. The molecule has 0 radical (unpaired) electrons. The van der Waals surface area contributed by atoms with E-state index in [0.29, 0.717) is 5.92 Å². The van der Waals surface area contributed by atoms with Gasteiger partial charge in [-0.15, -0.1) is 10.2 Å². The summed E-state index contributed by atoms with van der Waals surface area (Å²) in [7, 11) is 1.87. The van der Waals surface area contributed by atoms with Crippen molar-refractivity contribution in [2.75, 3.05) is 12.4 Å². The number of hydrogen-bond acceptors (Lipinski definition) is 3. The minimum atomic E-state index is 0.551. The molecule has 100 valence electrons. The molecule has 0 saturated carbocycles. The maximum absolute atomic E-state index is 4.34. The Morgan fingerprint density at radius 1 is 0.947 bits per heavy atom. The van der Waals surface area contributed by atoms with E-state index < -0.39 is 0 Å². The minimum Gasteiger partial charge on any atom is -0.371 e. The van der Waals surface area contributed by atoms with E-state index in [9.17, 15) is 0 Å². The van der Waals surface area contributed by atoms with Crippen LogP contribution in [0.2, 0.25) is 0 Å². The van der Waals surface area contributed by atoms with Crippen molar-refractivity contribution in [2.45, 2.75) is 33.6 Å². The van der Waals surface area contributed by atoms with E-state index in [0.717, 1.165) is 22.6 Å². The van der Waals surface area contributed by atoms with Crippen molar-refractivity contribution >= 4 is 5.82 Å². The van der Waals surface area contributed by atoms with Gasteiger partial charge in [-0.05, 0) is 36.5 Å². The van der Waals surface area contributed by atoms with Gasteiger partial charge in [0.2, 0.25) is 0 Å². The number of hydrogen-bond donors (Lipinski definition) is 1. The first-order chi connectivity index (χ1) is 9.04. The molecule has 0 aliphatic rings. The van der Waals surface area contributed by atoms with Crippen LogP contribution in [-0.2, 0) is 0 Å². The van der Waals surface area contributed by atoms with Gasteiger partial charge in [-0.1, -0.05) is 38.1 Å². The van der Waals surface area contributed by atoms with E-state index in [-0.39, 0.29) is 0 Å². The van der Waals surface area contributed by atoms with Crippen LogP contribution in [0.5, 0.6) is 0 Å². The second-order valence-corrected chi connectivity index (χ2v) is 5.17. The van der Waals surface area contributed by atoms with Crippen molar-refractivity contribution in [2.24, 2.45) is 0 Å². The first-order valence-electron chi connectivity index (χ1n) is 6.66. The predicted octanol–water partition coefficient (Wildman–Crippen LogP) is 3.93. The second kappa shape index (κ2) is 5.39. The molecule has 0 aliphatic carbocycles. The van der Waals surface area contributed by atoms with Crippen LogP contribution in [0.4, 0.5) is 5.82 Å². The minimum absolute atomic E-state index is 0.551. The van der Waals surface area contributed by atoms with Crippen LogP contribution in [-0.4, -0.2) is 17.2 Å². The zero-order chi connectivity index (χ0) is 14.0. The van der Waals surface area contributed by atoms with Crippen molar-refractivity contribution in [3.63, 3.8) is 0 Å². The van der Waals surface area contributed by atoms with Gasteiger partial charge < -0.3 is 5.32 Å². The molecule has 0 fully saturated rings. The van der Waals surface area contributed by atoms with Crippen LogP contribution in [0, 0.1) is 13.8 Å². The Hall–Kier alpha value is -1.90. The summed E-state index contributed by atoms with van der Waals surface area (Å²) in [6.45, 7) is 8.57. The molecule has 0 unspecified atom stereocenters. The van der Waals surface area contributed by atoms with E-state index in [1.165, 1.54) is 11.1 Å². The summed E-state index contributed by atoms with van der Waals surface area (Å²) >= 11 is 0. The van der Waals surface area contributed by atoms with E-state index in [2.05, 4.69) is 67.5 Å². The lowest BCUT2D eigenvalue weighted by atomic mass is 9.98. The summed E-state index contributed by atoms with van der Waals surface area (Å²) in [6, 6.07) is 8.60. The standard InChI is InChI=1S/C16H21N3/c1-10(2)13-6-8-14(9-7-13)15-11(3)12(4)16(17-5)19-18-15/h6-10H,1-5H3,(H,17,19). The zero-order valence-electron chi connectivity index (χ0n) is 12.3. The third-order valence-corrected chi connectivity index (χ3v) is 3.61. The molecule has 2 aromatic rings. The van der Waals surface area contributed by atoms with E-state index in [4.69, 9.17) is 0 Å². The molecular formula is C16H21N3. The lowest BCUT2D eigenvalue weighted by Gasteiger charge is -2.12. The molecule has 0 bridgehead atoms. The fraction of sp³-hybridized carbons (Fsp3) is 0.375. The van der Waals surface area contributed by atoms with Crippen molar-refractivity contribution < 1.29 is 0 Å². The number of nitrogens with zero attached hydrogens (tertiary/aromatic N) is 2. The number of anilines is 1. The third-order valence-electron chi connectivity index (χ3n) is 3.61. The van der Waals surface area contributed by atoms with E-state index in [1.54, 1.807) is 0 Å². The highest BCUT2D eigenvalue weighted by atomic mass is 15.2. The number of benzene rings is 1. The summed E-state index contributed by atoms with van der Waals surface area (Å²) in [5, 5.41) is 11.6. The van der Waals surface area contributed by atoms with Gasteiger partial charge >= 0.3 is 0 Å². The molecule has 3 nitrogen and oxygen atoms in total. The highest BCUT2D eigenvalue weighted by molar-refractivity contribution is 5.66. The Morgan fingerprint density at radius 3 is 2.11 bits per heavy atom. The molecule has 1 aromatic carbocycles. The molecule has 2 rings (SSSR count). The summed E-state index contributed by atoms with van der Waals surface area (Å²) in [4.78, 5) is 0. The van der Waals surface area contributed by atoms with Crippen LogP contribution in [0.3, 0.4) is 0 Å². The van der Waals surface area contributed by atoms with Crippen LogP contribution < -0.4 is 5.32 Å². The number of rotatable bonds is 3. The number of nitrogens with one attached hydrogen (secondary N) is 1. The highest BCUT2D eigenvalue weighted by Crippen LogP contribution is 2.27. The largest absolute Gasteiger partial charge is 0.371 e. The Balaban J connectivity index is 2.44. The average molecular weight is 255 g/mol. The molecule has 1 aromatic heterocycles. The average Bonchev–Trinajstić information content (AvgIpc) is 2.42. The lowest BCUT2D eigenvalue weighted by Crippen LogP contribution is -2.02. The monoisotopic (exact) mass is 255 g/mol. The SMILES string of the molecule is CNc1nnc(-c2ccc(C(C)C)cc2)c(C)c1C. The smallest absolute Gasteiger partial charge is 0.151 e. The Bertz CT molecular complexity index is 571. The van der Waals surface area contributed by atoms with Crippen LogP contribution >= 0.6 is 0 Å². The molecule has 0 amide bonds. The van der Waals surface area contributed by atoms with Crippen LogP contribution in [0.15, 0.2) is 24.3 Å². The van der Waals surface area contributed by atoms with Gasteiger partial charge in [0.25, 0.3) is 0 Å². The molecule has 0 aliphatic heterocycles. The van der Waals surface area contributed by atoms with Gasteiger partial charge in [0.05, 0.1) is 5.69 Å². The quantitative estimate of drug-likeness (QED) is 0.903. The molecule has 1 N–H and O–H groups in total. The van der Waals surface area contributed by atoms with Crippen molar-refractivity contribution in [3.05, 3.63) is 41.0 Å². The van der Waals surface area contributed by atoms with Gasteiger partial charge in [-0.3, -0.25) is 0 Å². The Kier molecular flexibility index (Phi) is 3.84. The number of aromatic nitrogens is 2. The van der Waals surface area contributed by atoms with Gasteiger partial charge in [-0.2, -0.15) is 0 Å². The molecule has 19 heavy (non-hydrogen) atoms. The normalized spacial score (nSPS) is 10.8. The summed E-state index contributed by atoms with van der Waals surface area (Å²) in [5.41, 5.74) is 5.77. The molecule has 0 spiro atoms. The fourth-order valence-electron chi connectivity index (χ4n) is 2.14. The van der Waals surface area contributed by atoms with Crippen molar-refractivity contribution in [1.82, 2.24) is 10.2 Å². The predicted molar refractivity (Wildman–Crippen MR) is 80.6 cm³/mol. The zero-order valence-corrected chi connectivity index (χ0v) is 12.3. The molecule has 0 atom stereocenters. The first-order valence-corrected chi connectivity index (χ1v) is 6.66. The Labute approximate surface area is 115 Å². The van der Waals surface area contributed by atoms with Gasteiger partial charge in [0.15, 0.2) is 5.82 Å². The van der Waals surface area contributed by atoms with Gasteiger partial charge in [0, 0.05) is 12.6 Å². The van der Waals surface area contributed by atoms with E-state index in [1.807, 2.05) is 7.05 Å². The molecule has 1 heterocycles. The molecule has 0 saturated heterocycles. The van der Waals surface area contributed by atoms with E-state index >= 15 is 0 Å². The first kappa shape index (κ1) is 13.5. The van der Waals surface area contributed by atoms with Crippen molar-refractivity contribution in [3.8, 4) is 11.3 Å². The van der Waals surface area contributed by atoms with Crippen LogP contribution in [0.1, 0.15) is 36.5 Å². The third kappa shape index (κ3) is 2.60. The van der Waals surface area contributed by atoms with Crippen LogP contribution in [0.25, 0.3) is 11.3 Å². The second-order valence-electron chi connectivity index (χ2n) is 5.17. The Morgan fingerprint density at radius 2 is 1.58 bits per heavy atom. The summed E-state index contributed by atoms with van der Waals surface area (Å²) in [5.74, 6) is 1.40. The molecule has 3 heteroatoms. The topological polar surface area (TPSA) is 37.8 Å². The van der Waals surface area contributed by atoms with Crippen molar-refractivity contribution in [1.29, 1.82) is 0 Å².